The maximum absolute atomic E-state index is 8.50. The van der Waals surface area contributed by atoms with Gasteiger partial charge in [0.25, 0.3) is 0 Å². The number of rotatable bonds is 4. The first-order valence-corrected chi connectivity index (χ1v) is 7.05. The van der Waals surface area contributed by atoms with Crippen molar-refractivity contribution >= 4 is 0 Å². The summed E-state index contributed by atoms with van der Waals surface area (Å²) in [6.45, 7) is 4.21. The van der Waals surface area contributed by atoms with E-state index >= 15 is 0 Å². The molecule has 104 valence electrons. The molecule has 0 radical (unpaired) electrons. The van der Waals surface area contributed by atoms with Gasteiger partial charge < -0.3 is 33.2 Å². The molecule has 4 heteroatoms. The van der Waals surface area contributed by atoms with Crippen molar-refractivity contribution in [3.8, 4) is 6.07 Å². The molecule has 2 heterocycles. The van der Waals surface area contributed by atoms with Crippen molar-refractivity contribution in [2.45, 2.75) is 44.6 Å². The Hall–Kier alpha value is 0.140. The molecule has 3 nitrogen and oxygen atoms in total. The number of fused-ring (bicyclic) bond motifs is 1. The minimum absolute atomic E-state index is 0. The van der Waals surface area contributed by atoms with Crippen LogP contribution in [0.25, 0.3) is 0 Å². The summed E-state index contributed by atoms with van der Waals surface area (Å²) in [5.74, 6) is 0.729. The maximum atomic E-state index is 8.50. The van der Waals surface area contributed by atoms with E-state index in [1.165, 1.54) is 49.7 Å². The molecule has 2 aliphatic heterocycles. The van der Waals surface area contributed by atoms with E-state index in [2.05, 4.69) is 13.1 Å². The number of ether oxygens (including phenoxy) is 1. The second kappa shape index (κ2) is 7.66. The van der Waals surface area contributed by atoms with Gasteiger partial charge in [0.1, 0.15) is 0 Å². The van der Waals surface area contributed by atoms with Crippen molar-refractivity contribution < 1.29 is 33.2 Å². The number of hydrogen-bond donors (Lipinski definition) is 0. The summed E-state index contributed by atoms with van der Waals surface area (Å²) in [6.07, 6.45) is 7.37. The first-order chi connectivity index (χ1) is 8.26. The van der Waals surface area contributed by atoms with Crippen LogP contribution in [0.15, 0.2) is 0 Å². The van der Waals surface area contributed by atoms with Crippen molar-refractivity contribution in [1.29, 1.82) is 5.26 Å². The summed E-state index contributed by atoms with van der Waals surface area (Å²) in [5, 5.41) is 8.50. The van der Waals surface area contributed by atoms with E-state index in [0.717, 1.165) is 18.6 Å². The van der Waals surface area contributed by atoms with Crippen LogP contribution < -0.4 is 24.0 Å². The standard InChI is InChI=1S/C14H25N2O.HI/c1-16-9-3-2-7-14(16)13(6-4-10-16)12-17-11-5-8-15;/h13-14H,2-7,9-12H2,1H3;1H/q+1;/p-1/t13-,14+,16?;/m1./s1. The lowest BCUT2D eigenvalue weighted by Crippen LogP contribution is -3.00. The molecule has 0 N–H and O–H groups in total. The van der Waals surface area contributed by atoms with Crippen LogP contribution in [0.5, 0.6) is 0 Å². The summed E-state index contributed by atoms with van der Waals surface area (Å²) >= 11 is 0. The zero-order chi connectivity index (χ0) is 12.1. The van der Waals surface area contributed by atoms with E-state index in [-0.39, 0.29) is 24.0 Å². The lowest BCUT2D eigenvalue weighted by Gasteiger charge is -2.51. The van der Waals surface area contributed by atoms with Gasteiger partial charge in [0.2, 0.25) is 0 Å². The number of quaternary nitrogens is 1. The Labute approximate surface area is 128 Å². The monoisotopic (exact) mass is 364 g/mol. The van der Waals surface area contributed by atoms with Gasteiger partial charge in [-0.2, -0.15) is 5.26 Å². The first kappa shape index (κ1) is 16.2. The van der Waals surface area contributed by atoms with Gasteiger partial charge in [-0.15, -0.1) is 0 Å². The van der Waals surface area contributed by atoms with Gasteiger partial charge >= 0.3 is 0 Å². The van der Waals surface area contributed by atoms with E-state index in [1.54, 1.807) is 0 Å². The predicted octanol–water partition coefficient (Wildman–Crippen LogP) is -0.670. The molecule has 0 aromatic carbocycles. The highest BCUT2D eigenvalue weighted by Gasteiger charge is 2.43. The molecule has 0 aromatic heterocycles. The second-order valence-electron chi connectivity index (χ2n) is 5.88. The molecule has 0 amide bonds. The van der Waals surface area contributed by atoms with Gasteiger partial charge in [-0.3, -0.25) is 0 Å². The summed E-state index contributed by atoms with van der Waals surface area (Å²) in [5.41, 5.74) is 0. The molecule has 1 unspecified atom stereocenters. The Morgan fingerprint density at radius 3 is 2.78 bits per heavy atom. The zero-order valence-corrected chi connectivity index (χ0v) is 13.6. The van der Waals surface area contributed by atoms with Crippen molar-refractivity contribution in [2.75, 3.05) is 33.4 Å². The molecular formula is C14H25IN2O. The van der Waals surface area contributed by atoms with Crippen molar-refractivity contribution in [1.82, 2.24) is 0 Å². The minimum Gasteiger partial charge on any atom is -1.00 e. The third-order valence-electron chi connectivity index (χ3n) is 4.70. The predicted molar refractivity (Wildman–Crippen MR) is 67.3 cm³/mol. The molecule has 0 aliphatic carbocycles. The Bertz CT molecular complexity index is 288. The fraction of sp³-hybridized carbons (Fsp3) is 0.929. The molecule has 2 saturated heterocycles. The van der Waals surface area contributed by atoms with Crippen molar-refractivity contribution in [2.24, 2.45) is 5.92 Å². The molecule has 2 aliphatic rings. The Morgan fingerprint density at radius 2 is 2.00 bits per heavy atom. The summed E-state index contributed by atoms with van der Waals surface area (Å²) in [4.78, 5) is 0. The molecule has 3 atom stereocenters. The zero-order valence-electron chi connectivity index (χ0n) is 11.4. The highest BCUT2D eigenvalue weighted by molar-refractivity contribution is 4.79. The lowest BCUT2D eigenvalue weighted by molar-refractivity contribution is -0.947. The Balaban J connectivity index is 0.00000162. The fourth-order valence-corrected chi connectivity index (χ4v) is 3.78. The summed E-state index contributed by atoms with van der Waals surface area (Å²) in [6, 6.07) is 2.96. The van der Waals surface area contributed by atoms with Crippen LogP contribution >= 0.6 is 0 Å². The topological polar surface area (TPSA) is 33.0 Å². The molecular weight excluding hydrogens is 339 g/mol. The summed E-state index contributed by atoms with van der Waals surface area (Å²) in [7, 11) is 2.44. The molecule has 0 bridgehead atoms. The third kappa shape index (κ3) is 3.82. The highest BCUT2D eigenvalue weighted by Crippen LogP contribution is 2.35. The molecule has 0 spiro atoms. The molecule has 18 heavy (non-hydrogen) atoms. The van der Waals surface area contributed by atoms with Crippen LogP contribution in [0.3, 0.4) is 0 Å². The maximum Gasteiger partial charge on any atom is 0.0939 e. The molecule has 0 aromatic rings. The number of hydrogen-bond acceptors (Lipinski definition) is 2. The fourth-order valence-electron chi connectivity index (χ4n) is 3.78. The average molecular weight is 364 g/mol. The van der Waals surface area contributed by atoms with Gasteiger partial charge in [0.05, 0.1) is 51.9 Å². The van der Waals surface area contributed by atoms with E-state index in [1.807, 2.05) is 0 Å². The van der Waals surface area contributed by atoms with Crippen molar-refractivity contribution in [3.63, 3.8) is 0 Å². The van der Waals surface area contributed by atoms with E-state index in [4.69, 9.17) is 10.00 Å². The largest absolute Gasteiger partial charge is 1.00 e. The van der Waals surface area contributed by atoms with Crippen LogP contribution in [0, 0.1) is 17.2 Å². The minimum atomic E-state index is 0. The van der Waals surface area contributed by atoms with E-state index < -0.39 is 0 Å². The van der Waals surface area contributed by atoms with Gasteiger partial charge in [-0.05, 0) is 25.7 Å². The van der Waals surface area contributed by atoms with E-state index in [9.17, 15) is 0 Å². The lowest BCUT2D eigenvalue weighted by atomic mass is 9.82. The summed E-state index contributed by atoms with van der Waals surface area (Å²) < 4.78 is 6.96. The quantitative estimate of drug-likeness (QED) is 0.377. The van der Waals surface area contributed by atoms with Crippen LogP contribution in [-0.4, -0.2) is 43.9 Å². The van der Waals surface area contributed by atoms with Gasteiger partial charge in [0, 0.05) is 12.3 Å². The SMILES string of the molecule is C[N+]12CCCC[C@H]1[C@@H](COCCC#N)CCC2.[I-]. The van der Waals surface area contributed by atoms with Gasteiger partial charge in [0.15, 0.2) is 0 Å². The Kier molecular flexibility index (Phi) is 6.89. The van der Waals surface area contributed by atoms with Gasteiger partial charge in [-0.25, -0.2) is 0 Å². The van der Waals surface area contributed by atoms with Gasteiger partial charge in [-0.1, -0.05) is 0 Å². The molecule has 2 fully saturated rings. The molecule has 0 saturated carbocycles. The number of nitriles is 1. The number of nitrogens with zero attached hydrogens (tertiary/aromatic N) is 2. The van der Waals surface area contributed by atoms with Crippen molar-refractivity contribution in [3.05, 3.63) is 0 Å². The first-order valence-electron chi connectivity index (χ1n) is 7.05. The second-order valence-corrected chi connectivity index (χ2v) is 5.88. The average Bonchev–Trinajstić information content (AvgIpc) is 2.34. The number of halogens is 1. The van der Waals surface area contributed by atoms with Crippen LogP contribution in [0.1, 0.15) is 38.5 Å². The Morgan fingerprint density at radius 1 is 1.22 bits per heavy atom. The van der Waals surface area contributed by atoms with E-state index in [0.29, 0.717) is 13.0 Å². The normalized spacial score (nSPS) is 35.1. The highest BCUT2D eigenvalue weighted by atomic mass is 127. The smallest absolute Gasteiger partial charge is 0.0939 e. The van der Waals surface area contributed by atoms with Crippen LogP contribution in [0.4, 0.5) is 0 Å². The number of piperidine rings is 2. The third-order valence-corrected chi connectivity index (χ3v) is 4.70. The molecule has 2 rings (SSSR count). The van der Waals surface area contributed by atoms with Crippen LogP contribution in [-0.2, 0) is 4.74 Å². The van der Waals surface area contributed by atoms with Crippen LogP contribution in [0.2, 0.25) is 0 Å².